The minimum absolute atomic E-state index is 0.0323. The van der Waals surface area contributed by atoms with Gasteiger partial charge in [-0.1, -0.05) is 0 Å². The maximum atomic E-state index is 12.2. The van der Waals surface area contributed by atoms with Gasteiger partial charge in [0, 0.05) is 44.3 Å². The molecule has 1 saturated heterocycles. The number of primary amides is 1. The number of anilines is 4. The van der Waals surface area contributed by atoms with Crippen molar-refractivity contribution in [1.29, 1.82) is 0 Å². The van der Waals surface area contributed by atoms with Gasteiger partial charge >= 0.3 is 0 Å². The zero-order valence-corrected chi connectivity index (χ0v) is 17.7. The maximum Gasteiger partial charge on any atom is 0.254 e. The number of rotatable bonds is 7. The van der Waals surface area contributed by atoms with E-state index in [9.17, 15) is 9.59 Å². The summed E-state index contributed by atoms with van der Waals surface area (Å²) >= 11 is 0. The van der Waals surface area contributed by atoms with Crippen LogP contribution < -0.4 is 21.3 Å². The molecule has 2 aliphatic rings. The van der Waals surface area contributed by atoms with E-state index in [2.05, 4.69) is 25.5 Å². The predicted octanol–water partition coefficient (Wildman–Crippen LogP) is 1.19. The number of nitrogens with one attached hydrogen (secondary N) is 2. The van der Waals surface area contributed by atoms with Gasteiger partial charge in [-0.15, -0.1) is 0 Å². The highest BCUT2D eigenvalue weighted by molar-refractivity contribution is 5.97. The molecule has 2 heterocycles. The van der Waals surface area contributed by atoms with Gasteiger partial charge in [0.05, 0.1) is 18.7 Å². The molecule has 0 radical (unpaired) electrons. The lowest BCUT2D eigenvalue weighted by Gasteiger charge is -2.34. The Bertz CT molecular complexity index is 960. The zero-order chi connectivity index (χ0) is 22.0. The minimum Gasteiger partial charge on any atom is -0.367 e. The third kappa shape index (κ3) is 5.02. The third-order valence-corrected chi connectivity index (χ3v) is 5.24. The monoisotopic (exact) mass is 425 g/mol. The summed E-state index contributed by atoms with van der Waals surface area (Å²) in [6.07, 6.45) is 3.08. The second kappa shape index (κ2) is 8.76. The lowest BCUT2D eigenvalue weighted by atomic mass is 10.2. The summed E-state index contributed by atoms with van der Waals surface area (Å²) in [5.74, 6) is 0.240. The SMILES string of the molecule is CN(C)C(=O)C1CN(c2ccc(Nc3ncc(C(N)=O)c(NC4CC4)n3)cc2)CCO1. The van der Waals surface area contributed by atoms with Crippen molar-refractivity contribution >= 4 is 35.0 Å². The number of nitrogens with two attached hydrogens (primary N) is 1. The van der Waals surface area contributed by atoms with Crippen LogP contribution in [0.25, 0.3) is 0 Å². The Morgan fingerprint density at radius 2 is 1.97 bits per heavy atom. The van der Waals surface area contributed by atoms with Gasteiger partial charge in [0.1, 0.15) is 5.82 Å². The standard InChI is InChI=1S/C21H27N7O3/c1-27(2)20(30)17-12-28(9-10-31-17)15-7-5-14(6-8-15)25-21-23-11-16(18(22)29)19(26-21)24-13-3-4-13/h5-8,11,13,17H,3-4,9-10,12H2,1-2H3,(H2,22,29)(H2,23,24,25,26). The number of likely N-dealkylation sites (N-methyl/N-ethyl adjacent to an activating group) is 1. The van der Waals surface area contributed by atoms with Crippen LogP contribution in [0.5, 0.6) is 0 Å². The molecule has 2 aromatic rings. The van der Waals surface area contributed by atoms with E-state index in [1.807, 2.05) is 24.3 Å². The van der Waals surface area contributed by atoms with Crippen LogP contribution in [0.4, 0.5) is 23.1 Å². The molecule has 4 N–H and O–H groups in total. The molecule has 1 aromatic heterocycles. The molecule has 0 bridgehead atoms. The largest absolute Gasteiger partial charge is 0.367 e. The van der Waals surface area contributed by atoms with E-state index in [1.165, 1.54) is 6.20 Å². The van der Waals surface area contributed by atoms with E-state index in [0.717, 1.165) is 30.8 Å². The fraction of sp³-hybridized carbons (Fsp3) is 0.429. The van der Waals surface area contributed by atoms with Gasteiger partial charge in [-0.05, 0) is 37.1 Å². The topological polar surface area (TPSA) is 126 Å². The van der Waals surface area contributed by atoms with E-state index in [-0.39, 0.29) is 11.5 Å². The van der Waals surface area contributed by atoms with E-state index < -0.39 is 12.0 Å². The molecule has 1 saturated carbocycles. The second-order valence-electron chi connectivity index (χ2n) is 7.95. The van der Waals surface area contributed by atoms with E-state index >= 15 is 0 Å². The third-order valence-electron chi connectivity index (χ3n) is 5.24. The van der Waals surface area contributed by atoms with Crippen LogP contribution in [0.15, 0.2) is 30.5 Å². The number of ether oxygens (including phenoxy) is 1. The molecule has 10 nitrogen and oxygen atoms in total. The van der Waals surface area contributed by atoms with Crippen molar-refractivity contribution in [2.24, 2.45) is 5.73 Å². The van der Waals surface area contributed by atoms with Crippen molar-refractivity contribution in [1.82, 2.24) is 14.9 Å². The van der Waals surface area contributed by atoms with Gasteiger partial charge in [-0.25, -0.2) is 4.98 Å². The number of morpholine rings is 1. The average Bonchev–Trinajstić information content (AvgIpc) is 3.58. The van der Waals surface area contributed by atoms with Crippen LogP contribution in [0.2, 0.25) is 0 Å². The normalized spacial score (nSPS) is 18.4. The number of hydrogen-bond donors (Lipinski definition) is 3. The molecule has 2 fully saturated rings. The Kier molecular flexibility index (Phi) is 5.90. The Labute approximate surface area is 180 Å². The van der Waals surface area contributed by atoms with Crippen LogP contribution >= 0.6 is 0 Å². The Morgan fingerprint density at radius 1 is 1.23 bits per heavy atom. The van der Waals surface area contributed by atoms with Gasteiger partial charge in [-0.3, -0.25) is 9.59 Å². The van der Waals surface area contributed by atoms with E-state index in [0.29, 0.717) is 31.0 Å². The van der Waals surface area contributed by atoms with E-state index in [4.69, 9.17) is 10.5 Å². The lowest BCUT2D eigenvalue weighted by Crippen LogP contribution is -2.49. The maximum absolute atomic E-state index is 12.2. The number of benzene rings is 1. The van der Waals surface area contributed by atoms with Crippen LogP contribution in [0.1, 0.15) is 23.2 Å². The molecule has 0 spiro atoms. The summed E-state index contributed by atoms with van der Waals surface area (Å²) in [4.78, 5) is 36.2. The first kappa shape index (κ1) is 20.9. The first-order valence-electron chi connectivity index (χ1n) is 10.3. The molecule has 1 aliphatic carbocycles. The number of aromatic nitrogens is 2. The van der Waals surface area contributed by atoms with Crippen LogP contribution in [-0.4, -0.2) is 72.6 Å². The summed E-state index contributed by atoms with van der Waals surface area (Å²) in [6, 6.07) is 8.13. The number of nitrogens with zero attached hydrogens (tertiary/aromatic N) is 4. The quantitative estimate of drug-likeness (QED) is 0.604. The summed E-state index contributed by atoms with van der Waals surface area (Å²) in [7, 11) is 3.46. The number of carbonyl (C=O) groups excluding carboxylic acids is 2. The molecule has 1 aromatic carbocycles. The van der Waals surface area contributed by atoms with Crippen LogP contribution in [0.3, 0.4) is 0 Å². The van der Waals surface area contributed by atoms with Gasteiger partial charge < -0.3 is 30.9 Å². The Balaban J connectivity index is 1.44. The molecule has 1 unspecified atom stereocenters. The number of amides is 2. The number of hydrogen-bond acceptors (Lipinski definition) is 8. The molecular weight excluding hydrogens is 398 g/mol. The molecule has 10 heteroatoms. The van der Waals surface area contributed by atoms with Crippen molar-refractivity contribution in [2.45, 2.75) is 25.0 Å². The average molecular weight is 425 g/mol. The summed E-state index contributed by atoms with van der Waals surface area (Å²) in [5.41, 5.74) is 7.52. The molecule has 4 rings (SSSR count). The van der Waals surface area contributed by atoms with Crippen molar-refractivity contribution in [3.8, 4) is 0 Å². The predicted molar refractivity (Wildman–Crippen MR) is 118 cm³/mol. The van der Waals surface area contributed by atoms with Crippen molar-refractivity contribution in [3.63, 3.8) is 0 Å². The molecule has 1 atom stereocenters. The molecular formula is C21H27N7O3. The van der Waals surface area contributed by atoms with Crippen LogP contribution in [-0.2, 0) is 9.53 Å². The smallest absolute Gasteiger partial charge is 0.254 e. The number of carbonyl (C=O) groups is 2. The van der Waals surface area contributed by atoms with Crippen LogP contribution in [0, 0.1) is 0 Å². The summed E-state index contributed by atoms with van der Waals surface area (Å²) in [6.45, 7) is 1.73. The molecule has 1 aliphatic heterocycles. The fourth-order valence-electron chi connectivity index (χ4n) is 3.36. The Morgan fingerprint density at radius 3 is 2.61 bits per heavy atom. The van der Waals surface area contributed by atoms with E-state index in [1.54, 1.807) is 19.0 Å². The molecule has 31 heavy (non-hydrogen) atoms. The first-order valence-corrected chi connectivity index (χ1v) is 10.3. The van der Waals surface area contributed by atoms with Gasteiger partial charge in [0.2, 0.25) is 5.95 Å². The zero-order valence-electron chi connectivity index (χ0n) is 17.7. The van der Waals surface area contributed by atoms with Crippen molar-refractivity contribution in [2.75, 3.05) is 49.3 Å². The first-order chi connectivity index (χ1) is 14.9. The lowest BCUT2D eigenvalue weighted by molar-refractivity contribution is -0.141. The van der Waals surface area contributed by atoms with Gasteiger partial charge in [0.25, 0.3) is 11.8 Å². The Hall–Kier alpha value is -3.40. The molecule has 164 valence electrons. The van der Waals surface area contributed by atoms with Crippen molar-refractivity contribution in [3.05, 3.63) is 36.0 Å². The highest BCUT2D eigenvalue weighted by atomic mass is 16.5. The summed E-state index contributed by atoms with van der Waals surface area (Å²) in [5, 5.41) is 6.38. The minimum atomic E-state index is -0.560. The summed E-state index contributed by atoms with van der Waals surface area (Å²) < 4.78 is 5.62. The highest BCUT2D eigenvalue weighted by Crippen LogP contribution is 2.27. The second-order valence-corrected chi connectivity index (χ2v) is 7.95. The van der Waals surface area contributed by atoms with Crippen molar-refractivity contribution < 1.29 is 14.3 Å². The highest BCUT2D eigenvalue weighted by Gasteiger charge is 2.28. The molecule has 2 amide bonds. The van der Waals surface area contributed by atoms with Gasteiger partial charge in [0.15, 0.2) is 6.10 Å². The van der Waals surface area contributed by atoms with Gasteiger partial charge in [-0.2, -0.15) is 4.98 Å². The fourth-order valence-corrected chi connectivity index (χ4v) is 3.36.